The normalized spacial score (nSPS) is 12.2. The third-order valence-electron chi connectivity index (χ3n) is 2.42. The highest BCUT2D eigenvalue weighted by atomic mass is 35.5. The number of rotatable bonds is 6. The average Bonchev–Trinajstić information content (AvgIpc) is 2.28. The Bertz CT molecular complexity index is 392. The standard InChI is InChI=1S/C12H15ClO4/c1-17-11-6-5-8(13)7-9(11)10(14)3-2-4-12(15)16/h5-7,10,14H,2-4H2,1H3,(H,15,16). The van der Waals surface area contributed by atoms with Gasteiger partial charge in [0.05, 0.1) is 13.2 Å². The van der Waals surface area contributed by atoms with E-state index in [1.807, 2.05) is 0 Å². The molecule has 0 amide bonds. The fourth-order valence-electron chi connectivity index (χ4n) is 1.57. The van der Waals surface area contributed by atoms with Gasteiger partial charge in [-0.25, -0.2) is 0 Å². The van der Waals surface area contributed by atoms with Gasteiger partial charge in [0.15, 0.2) is 0 Å². The topological polar surface area (TPSA) is 66.8 Å². The predicted octanol–water partition coefficient (Wildman–Crippen LogP) is 2.64. The van der Waals surface area contributed by atoms with E-state index in [4.69, 9.17) is 21.4 Å². The number of halogens is 1. The third-order valence-corrected chi connectivity index (χ3v) is 2.65. The van der Waals surface area contributed by atoms with Crippen LogP contribution in [0.3, 0.4) is 0 Å². The predicted molar refractivity (Wildman–Crippen MR) is 64.5 cm³/mol. The van der Waals surface area contributed by atoms with Crippen LogP contribution in [0.25, 0.3) is 0 Å². The summed E-state index contributed by atoms with van der Waals surface area (Å²) in [7, 11) is 1.51. The van der Waals surface area contributed by atoms with Gasteiger partial charge < -0.3 is 14.9 Å². The van der Waals surface area contributed by atoms with Gasteiger partial charge in [0.1, 0.15) is 5.75 Å². The van der Waals surface area contributed by atoms with Crippen molar-refractivity contribution in [1.29, 1.82) is 0 Å². The molecular formula is C12H15ClO4. The van der Waals surface area contributed by atoms with Crippen molar-refractivity contribution in [2.24, 2.45) is 0 Å². The number of carbonyl (C=O) groups is 1. The van der Waals surface area contributed by atoms with E-state index in [1.165, 1.54) is 7.11 Å². The minimum atomic E-state index is -0.866. The summed E-state index contributed by atoms with van der Waals surface area (Å²) in [4.78, 5) is 10.4. The fourth-order valence-corrected chi connectivity index (χ4v) is 1.75. The summed E-state index contributed by atoms with van der Waals surface area (Å²) in [6.45, 7) is 0. The van der Waals surface area contributed by atoms with E-state index in [0.29, 0.717) is 29.2 Å². The van der Waals surface area contributed by atoms with E-state index in [2.05, 4.69) is 0 Å². The van der Waals surface area contributed by atoms with E-state index in [-0.39, 0.29) is 6.42 Å². The van der Waals surface area contributed by atoms with Crippen molar-refractivity contribution in [2.45, 2.75) is 25.4 Å². The minimum absolute atomic E-state index is 0.0416. The summed E-state index contributed by atoms with van der Waals surface area (Å²) in [6, 6.07) is 4.98. The summed E-state index contributed by atoms with van der Waals surface area (Å²) in [5.74, 6) is -0.313. The first-order valence-electron chi connectivity index (χ1n) is 5.28. The van der Waals surface area contributed by atoms with Gasteiger partial charge in [-0.3, -0.25) is 4.79 Å². The molecule has 0 spiro atoms. The number of aliphatic hydroxyl groups excluding tert-OH is 1. The van der Waals surface area contributed by atoms with Gasteiger partial charge >= 0.3 is 5.97 Å². The lowest BCUT2D eigenvalue weighted by Crippen LogP contribution is -2.02. The molecule has 0 aliphatic carbocycles. The molecule has 1 rings (SSSR count). The second-order valence-corrected chi connectivity index (χ2v) is 4.12. The zero-order valence-electron chi connectivity index (χ0n) is 9.52. The van der Waals surface area contributed by atoms with Gasteiger partial charge in [0, 0.05) is 17.0 Å². The second-order valence-electron chi connectivity index (χ2n) is 3.69. The van der Waals surface area contributed by atoms with Gasteiger partial charge in [0.2, 0.25) is 0 Å². The molecule has 0 aromatic heterocycles. The summed E-state index contributed by atoms with van der Waals surface area (Å²) in [6.07, 6.45) is 0.0535. The Morgan fingerprint density at radius 2 is 2.24 bits per heavy atom. The number of hydrogen-bond acceptors (Lipinski definition) is 3. The van der Waals surface area contributed by atoms with E-state index < -0.39 is 12.1 Å². The molecule has 0 radical (unpaired) electrons. The van der Waals surface area contributed by atoms with Crippen LogP contribution in [0.1, 0.15) is 30.9 Å². The van der Waals surface area contributed by atoms with E-state index in [1.54, 1.807) is 18.2 Å². The lowest BCUT2D eigenvalue weighted by atomic mass is 10.0. The van der Waals surface area contributed by atoms with Crippen molar-refractivity contribution in [3.63, 3.8) is 0 Å². The first kappa shape index (κ1) is 13.8. The minimum Gasteiger partial charge on any atom is -0.496 e. The maximum Gasteiger partial charge on any atom is 0.303 e. The van der Waals surface area contributed by atoms with Crippen LogP contribution in [0, 0.1) is 0 Å². The second kappa shape index (κ2) is 6.47. The molecule has 0 aliphatic rings. The fraction of sp³-hybridized carbons (Fsp3) is 0.417. The van der Waals surface area contributed by atoms with Crippen LogP contribution in [-0.2, 0) is 4.79 Å². The third kappa shape index (κ3) is 4.24. The highest BCUT2D eigenvalue weighted by Crippen LogP contribution is 2.30. The Morgan fingerprint density at radius 1 is 1.53 bits per heavy atom. The quantitative estimate of drug-likeness (QED) is 0.823. The van der Waals surface area contributed by atoms with E-state index in [9.17, 15) is 9.90 Å². The molecule has 1 atom stereocenters. The number of methoxy groups -OCH3 is 1. The Morgan fingerprint density at radius 3 is 2.82 bits per heavy atom. The van der Waals surface area contributed by atoms with Crippen molar-refractivity contribution in [3.8, 4) is 5.75 Å². The molecular weight excluding hydrogens is 244 g/mol. The summed E-state index contributed by atoms with van der Waals surface area (Å²) in [5, 5.41) is 19.0. The van der Waals surface area contributed by atoms with Gasteiger partial charge in [-0.15, -0.1) is 0 Å². The molecule has 94 valence electrons. The van der Waals surface area contributed by atoms with Gasteiger partial charge in [-0.2, -0.15) is 0 Å². The molecule has 17 heavy (non-hydrogen) atoms. The number of aliphatic carboxylic acids is 1. The van der Waals surface area contributed by atoms with Crippen LogP contribution in [0.4, 0.5) is 0 Å². The number of carboxylic acids is 1. The van der Waals surface area contributed by atoms with Crippen molar-refractivity contribution < 1.29 is 19.7 Å². The van der Waals surface area contributed by atoms with Gasteiger partial charge in [-0.1, -0.05) is 11.6 Å². The maximum atomic E-state index is 10.4. The smallest absolute Gasteiger partial charge is 0.303 e. The van der Waals surface area contributed by atoms with E-state index >= 15 is 0 Å². The molecule has 0 bridgehead atoms. The molecule has 0 heterocycles. The molecule has 1 unspecified atom stereocenters. The SMILES string of the molecule is COc1ccc(Cl)cc1C(O)CCCC(=O)O. The van der Waals surface area contributed by atoms with Gasteiger partial charge in [-0.05, 0) is 31.0 Å². The van der Waals surface area contributed by atoms with Crippen LogP contribution < -0.4 is 4.74 Å². The first-order chi connectivity index (χ1) is 8.04. The average molecular weight is 259 g/mol. The molecule has 0 saturated heterocycles. The number of ether oxygens (including phenoxy) is 1. The summed E-state index contributed by atoms with van der Waals surface area (Å²) < 4.78 is 5.11. The number of hydrogen-bond donors (Lipinski definition) is 2. The molecule has 5 heteroatoms. The maximum absolute atomic E-state index is 10.4. The Kier molecular flexibility index (Phi) is 5.25. The molecule has 1 aromatic rings. The summed E-state index contributed by atoms with van der Waals surface area (Å²) >= 11 is 5.84. The van der Waals surface area contributed by atoms with Crippen LogP contribution in [0.2, 0.25) is 5.02 Å². The zero-order chi connectivity index (χ0) is 12.8. The molecule has 0 saturated carbocycles. The van der Waals surface area contributed by atoms with E-state index in [0.717, 1.165) is 0 Å². The van der Waals surface area contributed by atoms with Crippen molar-refractivity contribution in [1.82, 2.24) is 0 Å². The van der Waals surface area contributed by atoms with Crippen LogP contribution in [-0.4, -0.2) is 23.3 Å². The Labute approximate surface area is 105 Å². The lowest BCUT2D eigenvalue weighted by Gasteiger charge is -2.14. The van der Waals surface area contributed by atoms with Crippen molar-refractivity contribution >= 4 is 17.6 Å². The largest absolute Gasteiger partial charge is 0.496 e. The molecule has 0 aliphatic heterocycles. The highest BCUT2D eigenvalue weighted by molar-refractivity contribution is 6.30. The van der Waals surface area contributed by atoms with Crippen molar-refractivity contribution in [3.05, 3.63) is 28.8 Å². The Balaban J connectivity index is 2.69. The monoisotopic (exact) mass is 258 g/mol. The highest BCUT2D eigenvalue weighted by Gasteiger charge is 2.14. The molecule has 0 fully saturated rings. The Hall–Kier alpha value is -1.26. The molecule has 4 nitrogen and oxygen atoms in total. The zero-order valence-corrected chi connectivity index (χ0v) is 10.3. The van der Waals surface area contributed by atoms with Crippen molar-refractivity contribution in [2.75, 3.05) is 7.11 Å². The van der Waals surface area contributed by atoms with Gasteiger partial charge in [0.25, 0.3) is 0 Å². The lowest BCUT2D eigenvalue weighted by molar-refractivity contribution is -0.137. The van der Waals surface area contributed by atoms with Crippen LogP contribution in [0.5, 0.6) is 5.75 Å². The number of benzene rings is 1. The van der Waals surface area contributed by atoms with Crippen LogP contribution in [0.15, 0.2) is 18.2 Å². The molecule has 2 N–H and O–H groups in total. The summed E-state index contributed by atoms with van der Waals surface area (Å²) in [5.41, 5.74) is 0.588. The number of carboxylic acid groups (broad SMARTS) is 1. The number of aliphatic hydroxyl groups is 1. The first-order valence-corrected chi connectivity index (χ1v) is 5.65. The molecule has 1 aromatic carbocycles. The van der Waals surface area contributed by atoms with Crippen LogP contribution >= 0.6 is 11.6 Å².